The highest BCUT2D eigenvalue weighted by Gasteiger charge is 2.22. The van der Waals surface area contributed by atoms with Gasteiger partial charge in [-0.05, 0) is 42.9 Å². The molecule has 1 aromatic rings. The van der Waals surface area contributed by atoms with Crippen LogP contribution < -0.4 is 10.1 Å². The molecule has 1 aliphatic heterocycles. The van der Waals surface area contributed by atoms with Gasteiger partial charge in [0.2, 0.25) is 0 Å². The maximum Gasteiger partial charge on any atom is 0.261 e. The van der Waals surface area contributed by atoms with E-state index in [0.29, 0.717) is 5.92 Å². The Bertz CT molecular complexity index is 397. The zero-order valence-electron chi connectivity index (χ0n) is 11.1. The molecule has 1 N–H and O–H groups in total. The molecule has 1 atom stereocenters. The summed E-state index contributed by atoms with van der Waals surface area (Å²) in [7, 11) is 0. The van der Waals surface area contributed by atoms with Gasteiger partial charge in [0.05, 0.1) is 0 Å². The second-order valence-electron chi connectivity index (χ2n) is 5.12. The standard InChI is InChI=1S/C15H21NO2/c1-11(2)12-6-8-13(9-7-12)18-14-5-3-4-10-16-15(14)17/h6-9,11,14H,3-5,10H2,1-2H3,(H,16,17). The quantitative estimate of drug-likeness (QED) is 0.892. The second-order valence-corrected chi connectivity index (χ2v) is 5.12. The molecule has 1 unspecified atom stereocenters. The van der Waals surface area contributed by atoms with E-state index >= 15 is 0 Å². The van der Waals surface area contributed by atoms with E-state index in [9.17, 15) is 4.79 Å². The number of carbonyl (C=O) groups is 1. The summed E-state index contributed by atoms with van der Waals surface area (Å²) in [6.07, 6.45) is 2.54. The van der Waals surface area contributed by atoms with Gasteiger partial charge in [0.1, 0.15) is 5.75 Å². The molecule has 2 rings (SSSR count). The topological polar surface area (TPSA) is 38.3 Å². The van der Waals surface area contributed by atoms with Gasteiger partial charge in [-0.25, -0.2) is 0 Å². The maximum absolute atomic E-state index is 11.8. The van der Waals surface area contributed by atoms with Gasteiger partial charge in [-0.15, -0.1) is 0 Å². The lowest BCUT2D eigenvalue weighted by molar-refractivity contribution is -0.127. The lowest BCUT2D eigenvalue weighted by Crippen LogP contribution is -2.36. The van der Waals surface area contributed by atoms with Crippen LogP contribution in [-0.2, 0) is 4.79 Å². The first kappa shape index (κ1) is 12.9. The Morgan fingerprint density at radius 3 is 2.61 bits per heavy atom. The molecule has 0 aromatic heterocycles. The molecule has 1 amide bonds. The monoisotopic (exact) mass is 247 g/mol. The molecule has 0 bridgehead atoms. The molecule has 18 heavy (non-hydrogen) atoms. The van der Waals surface area contributed by atoms with Crippen LogP contribution in [0.5, 0.6) is 5.75 Å². The SMILES string of the molecule is CC(C)c1ccc(OC2CCCCNC2=O)cc1. The van der Waals surface area contributed by atoms with Gasteiger partial charge in [-0.1, -0.05) is 26.0 Å². The Balaban J connectivity index is 2.01. The number of hydrogen-bond donors (Lipinski definition) is 1. The summed E-state index contributed by atoms with van der Waals surface area (Å²) in [6, 6.07) is 8.03. The molecule has 1 aliphatic rings. The Kier molecular flexibility index (Phi) is 4.24. The van der Waals surface area contributed by atoms with E-state index in [1.807, 2.05) is 12.1 Å². The lowest BCUT2D eigenvalue weighted by Gasteiger charge is -2.16. The molecule has 1 aromatic carbocycles. The molecule has 98 valence electrons. The Morgan fingerprint density at radius 2 is 1.94 bits per heavy atom. The van der Waals surface area contributed by atoms with E-state index in [-0.39, 0.29) is 12.0 Å². The van der Waals surface area contributed by atoms with E-state index < -0.39 is 0 Å². The van der Waals surface area contributed by atoms with Gasteiger partial charge in [0.25, 0.3) is 5.91 Å². The molecule has 0 aliphatic carbocycles. The van der Waals surface area contributed by atoms with Crippen LogP contribution in [-0.4, -0.2) is 18.6 Å². The van der Waals surface area contributed by atoms with Gasteiger partial charge in [0, 0.05) is 6.54 Å². The van der Waals surface area contributed by atoms with Crippen LogP contribution in [0.15, 0.2) is 24.3 Å². The van der Waals surface area contributed by atoms with E-state index in [4.69, 9.17) is 4.74 Å². The van der Waals surface area contributed by atoms with Crippen molar-refractivity contribution in [1.82, 2.24) is 5.32 Å². The van der Waals surface area contributed by atoms with Gasteiger partial charge in [0.15, 0.2) is 6.10 Å². The van der Waals surface area contributed by atoms with Gasteiger partial charge >= 0.3 is 0 Å². The van der Waals surface area contributed by atoms with Crippen molar-refractivity contribution in [3.8, 4) is 5.75 Å². The molecule has 3 heteroatoms. The highest BCUT2D eigenvalue weighted by molar-refractivity contribution is 5.81. The first-order valence-corrected chi connectivity index (χ1v) is 6.71. The molecule has 1 heterocycles. The summed E-state index contributed by atoms with van der Waals surface area (Å²) >= 11 is 0. The molecule has 1 saturated heterocycles. The molecular formula is C15H21NO2. The highest BCUT2D eigenvalue weighted by Crippen LogP contribution is 2.21. The van der Waals surface area contributed by atoms with Gasteiger partial charge in [-0.2, -0.15) is 0 Å². The third-order valence-corrected chi connectivity index (χ3v) is 3.31. The van der Waals surface area contributed by atoms with Crippen LogP contribution in [0.25, 0.3) is 0 Å². The smallest absolute Gasteiger partial charge is 0.261 e. The third-order valence-electron chi connectivity index (χ3n) is 3.31. The average Bonchev–Trinajstić information content (AvgIpc) is 2.56. The Labute approximate surface area is 109 Å². The first-order chi connectivity index (χ1) is 8.66. The van der Waals surface area contributed by atoms with E-state index in [1.54, 1.807) is 0 Å². The van der Waals surface area contributed by atoms with Crippen molar-refractivity contribution in [2.75, 3.05) is 6.54 Å². The van der Waals surface area contributed by atoms with Gasteiger partial charge < -0.3 is 10.1 Å². The minimum Gasteiger partial charge on any atom is -0.481 e. The van der Waals surface area contributed by atoms with Crippen LogP contribution in [0.3, 0.4) is 0 Å². The molecule has 0 radical (unpaired) electrons. The zero-order chi connectivity index (χ0) is 13.0. The number of rotatable bonds is 3. The number of ether oxygens (including phenoxy) is 1. The Hall–Kier alpha value is -1.51. The normalized spacial score (nSPS) is 20.4. The summed E-state index contributed by atoms with van der Waals surface area (Å²) in [5.41, 5.74) is 1.28. The fraction of sp³-hybridized carbons (Fsp3) is 0.533. The predicted octanol–water partition coefficient (Wildman–Crippen LogP) is 2.86. The van der Waals surface area contributed by atoms with Crippen molar-refractivity contribution in [1.29, 1.82) is 0 Å². The van der Waals surface area contributed by atoms with Crippen LogP contribution in [0.1, 0.15) is 44.6 Å². The van der Waals surface area contributed by atoms with Crippen molar-refractivity contribution >= 4 is 5.91 Å². The lowest BCUT2D eigenvalue weighted by atomic mass is 10.0. The van der Waals surface area contributed by atoms with Crippen molar-refractivity contribution in [2.45, 2.75) is 45.1 Å². The highest BCUT2D eigenvalue weighted by atomic mass is 16.5. The number of nitrogens with one attached hydrogen (secondary N) is 1. The van der Waals surface area contributed by atoms with Crippen LogP contribution >= 0.6 is 0 Å². The number of amides is 1. The minimum atomic E-state index is -0.336. The van der Waals surface area contributed by atoms with Crippen molar-refractivity contribution < 1.29 is 9.53 Å². The number of carbonyl (C=O) groups excluding carboxylic acids is 1. The fourth-order valence-electron chi connectivity index (χ4n) is 2.12. The maximum atomic E-state index is 11.8. The van der Waals surface area contributed by atoms with Crippen molar-refractivity contribution in [3.63, 3.8) is 0 Å². The van der Waals surface area contributed by atoms with Crippen molar-refractivity contribution in [3.05, 3.63) is 29.8 Å². The summed E-state index contributed by atoms with van der Waals surface area (Å²) in [5, 5.41) is 2.88. The third kappa shape index (κ3) is 3.25. The van der Waals surface area contributed by atoms with E-state index in [0.717, 1.165) is 31.6 Å². The number of hydrogen-bond acceptors (Lipinski definition) is 2. The summed E-state index contributed by atoms with van der Waals surface area (Å²) < 4.78 is 5.77. The van der Waals surface area contributed by atoms with Gasteiger partial charge in [-0.3, -0.25) is 4.79 Å². The molecule has 3 nitrogen and oxygen atoms in total. The molecular weight excluding hydrogens is 226 g/mol. The number of benzene rings is 1. The summed E-state index contributed by atoms with van der Waals surface area (Å²) in [6.45, 7) is 5.09. The predicted molar refractivity (Wildman–Crippen MR) is 71.8 cm³/mol. The van der Waals surface area contributed by atoms with Crippen molar-refractivity contribution in [2.24, 2.45) is 0 Å². The van der Waals surface area contributed by atoms with E-state index in [1.165, 1.54) is 5.56 Å². The fourth-order valence-corrected chi connectivity index (χ4v) is 2.12. The van der Waals surface area contributed by atoms with Crippen LogP contribution in [0.2, 0.25) is 0 Å². The Morgan fingerprint density at radius 1 is 1.22 bits per heavy atom. The largest absolute Gasteiger partial charge is 0.481 e. The zero-order valence-corrected chi connectivity index (χ0v) is 11.1. The summed E-state index contributed by atoms with van der Waals surface area (Å²) in [5.74, 6) is 1.31. The molecule has 0 saturated carbocycles. The van der Waals surface area contributed by atoms with Crippen LogP contribution in [0.4, 0.5) is 0 Å². The molecule has 1 fully saturated rings. The molecule has 0 spiro atoms. The minimum absolute atomic E-state index is 0.0143. The summed E-state index contributed by atoms with van der Waals surface area (Å²) in [4.78, 5) is 11.8. The van der Waals surface area contributed by atoms with E-state index in [2.05, 4.69) is 31.3 Å². The second kappa shape index (κ2) is 5.89. The van der Waals surface area contributed by atoms with Crippen LogP contribution in [0, 0.1) is 0 Å². The first-order valence-electron chi connectivity index (χ1n) is 6.71. The average molecular weight is 247 g/mol.